The molecule has 2 aromatic heterocycles. The van der Waals surface area contributed by atoms with Crippen LogP contribution in [0.3, 0.4) is 0 Å². The summed E-state index contributed by atoms with van der Waals surface area (Å²) in [7, 11) is 0. The number of hydrogen-bond acceptors (Lipinski definition) is 6. The molecule has 2 heterocycles. The number of nitrogens with zero attached hydrogens (tertiary/aromatic N) is 2. The minimum atomic E-state index is -0.965. The first-order chi connectivity index (χ1) is 13.8. The molecule has 0 fully saturated rings. The van der Waals surface area contributed by atoms with E-state index in [-0.39, 0.29) is 17.2 Å². The molecule has 1 aromatic carbocycles. The zero-order chi connectivity index (χ0) is 21.0. The number of furan rings is 1. The van der Waals surface area contributed by atoms with E-state index in [2.05, 4.69) is 21.3 Å². The van der Waals surface area contributed by atoms with Crippen LogP contribution in [0.2, 0.25) is 5.02 Å². The van der Waals surface area contributed by atoms with Crippen LogP contribution in [0.4, 0.5) is 0 Å². The van der Waals surface area contributed by atoms with Gasteiger partial charge in [-0.2, -0.15) is 5.10 Å². The molecule has 150 valence electrons. The van der Waals surface area contributed by atoms with Gasteiger partial charge in [-0.3, -0.25) is 25.2 Å². The first-order valence-electron chi connectivity index (χ1n) is 8.34. The molecule has 1 atom stereocenters. The fraction of sp³-hybridized carbons (Fsp3) is 0.111. The Bertz CT molecular complexity index is 1030. The largest absolute Gasteiger partial charge is 0.504 e. The van der Waals surface area contributed by atoms with E-state index in [0.29, 0.717) is 10.7 Å². The summed E-state index contributed by atoms with van der Waals surface area (Å²) in [6, 6.07) is 8.59. The third-order valence-corrected chi connectivity index (χ3v) is 4.04. The summed E-state index contributed by atoms with van der Waals surface area (Å²) in [6.07, 6.45) is 2.57. The van der Waals surface area contributed by atoms with Gasteiger partial charge < -0.3 is 14.8 Å². The summed E-state index contributed by atoms with van der Waals surface area (Å²) >= 11 is 5.83. The van der Waals surface area contributed by atoms with Crippen LogP contribution in [-0.2, 0) is 4.79 Å². The third-order valence-electron chi connectivity index (χ3n) is 3.79. The topological polar surface area (TPSA) is 138 Å². The summed E-state index contributed by atoms with van der Waals surface area (Å²) in [4.78, 5) is 36.1. The Labute approximate surface area is 169 Å². The molecule has 0 aliphatic rings. The average Bonchev–Trinajstić information content (AvgIpc) is 3.36. The zero-order valence-electron chi connectivity index (χ0n) is 15.0. The Morgan fingerprint density at radius 1 is 1.14 bits per heavy atom. The van der Waals surface area contributed by atoms with Gasteiger partial charge in [-0.05, 0) is 43.3 Å². The summed E-state index contributed by atoms with van der Waals surface area (Å²) in [6.45, 7) is 1.43. The first kappa shape index (κ1) is 20.0. The number of hydrazine groups is 1. The van der Waals surface area contributed by atoms with Crippen molar-refractivity contribution >= 4 is 29.3 Å². The van der Waals surface area contributed by atoms with Gasteiger partial charge in [-0.1, -0.05) is 11.6 Å². The van der Waals surface area contributed by atoms with Crippen molar-refractivity contribution in [3.8, 4) is 11.4 Å². The van der Waals surface area contributed by atoms with Crippen LogP contribution in [0.5, 0.6) is 5.75 Å². The van der Waals surface area contributed by atoms with E-state index in [9.17, 15) is 19.5 Å². The Balaban J connectivity index is 1.58. The molecular weight excluding hydrogens is 402 g/mol. The number of halogens is 1. The van der Waals surface area contributed by atoms with Gasteiger partial charge in [0.05, 0.1) is 18.1 Å². The molecule has 10 nitrogen and oxygen atoms in total. The monoisotopic (exact) mass is 417 g/mol. The van der Waals surface area contributed by atoms with Crippen molar-refractivity contribution in [2.75, 3.05) is 0 Å². The van der Waals surface area contributed by atoms with Gasteiger partial charge in [-0.25, -0.2) is 4.68 Å². The molecule has 3 aromatic rings. The normalized spacial score (nSPS) is 11.5. The van der Waals surface area contributed by atoms with Crippen molar-refractivity contribution in [2.24, 2.45) is 0 Å². The van der Waals surface area contributed by atoms with E-state index in [0.717, 1.165) is 0 Å². The average molecular weight is 418 g/mol. The van der Waals surface area contributed by atoms with Gasteiger partial charge in [0.2, 0.25) is 0 Å². The number of nitrogens with one attached hydrogen (secondary N) is 3. The maximum Gasteiger partial charge on any atom is 0.294 e. The molecule has 0 radical (unpaired) electrons. The van der Waals surface area contributed by atoms with Crippen molar-refractivity contribution in [1.82, 2.24) is 25.9 Å². The van der Waals surface area contributed by atoms with Crippen molar-refractivity contribution < 1.29 is 23.9 Å². The number of hydrogen-bond donors (Lipinski definition) is 4. The van der Waals surface area contributed by atoms with Crippen molar-refractivity contribution in [1.29, 1.82) is 0 Å². The Kier molecular flexibility index (Phi) is 5.84. The fourth-order valence-electron chi connectivity index (χ4n) is 2.28. The van der Waals surface area contributed by atoms with Crippen LogP contribution >= 0.6 is 11.6 Å². The second kappa shape index (κ2) is 8.48. The molecule has 29 heavy (non-hydrogen) atoms. The van der Waals surface area contributed by atoms with Gasteiger partial charge >= 0.3 is 0 Å². The highest BCUT2D eigenvalue weighted by atomic mass is 35.5. The van der Waals surface area contributed by atoms with E-state index in [1.165, 1.54) is 36.2 Å². The lowest BCUT2D eigenvalue weighted by molar-refractivity contribution is -0.123. The lowest BCUT2D eigenvalue weighted by Gasteiger charge is -2.13. The van der Waals surface area contributed by atoms with E-state index >= 15 is 0 Å². The Morgan fingerprint density at radius 3 is 2.52 bits per heavy atom. The van der Waals surface area contributed by atoms with Crippen molar-refractivity contribution in [3.63, 3.8) is 0 Å². The molecular formula is C18H16ClN5O5. The number of benzene rings is 1. The van der Waals surface area contributed by atoms with E-state index < -0.39 is 23.8 Å². The van der Waals surface area contributed by atoms with Crippen LogP contribution < -0.4 is 16.2 Å². The molecule has 0 saturated heterocycles. The van der Waals surface area contributed by atoms with Gasteiger partial charge in [0.25, 0.3) is 17.7 Å². The highest BCUT2D eigenvalue weighted by molar-refractivity contribution is 6.30. The summed E-state index contributed by atoms with van der Waals surface area (Å²) < 4.78 is 6.22. The molecule has 0 bridgehead atoms. The SMILES string of the molecule is CC(NC(=O)c1ccco1)C(=O)NNC(=O)c1nn(-c2ccc(Cl)cc2)cc1O. The Hall–Kier alpha value is -3.79. The third kappa shape index (κ3) is 4.74. The highest BCUT2D eigenvalue weighted by Gasteiger charge is 2.21. The van der Waals surface area contributed by atoms with Gasteiger partial charge in [0.1, 0.15) is 6.04 Å². The molecule has 0 aliphatic heterocycles. The van der Waals surface area contributed by atoms with Crippen LogP contribution in [0.15, 0.2) is 53.3 Å². The zero-order valence-corrected chi connectivity index (χ0v) is 15.8. The lowest BCUT2D eigenvalue weighted by atomic mass is 10.3. The second-order valence-electron chi connectivity index (χ2n) is 5.90. The number of carbonyl (C=O) groups is 3. The van der Waals surface area contributed by atoms with E-state index in [1.54, 1.807) is 24.3 Å². The molecule has 0 saturated carbocycles. The molecule has 4 N–H and O–H groups in total. The smallest absolute Gasteiger partial charge is 0.294 e. The molecule has 11 heteroatoms. The molecule has 0 spiro atoms. The highest BCUT2D eigenvalue weighted by Crippen LogP contribution is 2.19. The number of amides is 3. The maximum atomic E-state index is 12.2. The fourth-order valence-corrected chi connectivity index (χ4v) is 2.41. The van der Waals surface area contributed by atoms with Crippen molar-refractivity contribution in [2.45, 2.75) is 13.0 Å². The molecule has 1 unspecified atom stereocenters. The summed E-state index contributed by atoms with van der Waals surface area (Å²) in [5.41, 5.74) is 4.56. The molecule has 3 amide bonds. The number of carbonyl (C=O) groups excluding carboxylic acids is 3. The number of aromatic hydroxyl groups is 1. The van der Waals surface area contributed by atoms with Crippen LogP contribution in [0.1, 0.15) is 28.0 Å². The minimum Gasteiger partial charge on any atom is -0.504 e. The molecule has 3 rings (SSSR count). The van der Waals surface area contributed by atoms with Crippen LogP contribution in [0.25, 0.3) is 5.69 Å². The van der Waals surface area contributed by atoms with E-state index in [4.69, 9.17) is 16.0 Å². The molecule has 0 aliphatic carbocycles. The van der Waals surface area contributed by atoms with Gasteiger partial charge in [0.15, 0.2) is 17.2 Å². The summed E-state index contributed by atoms with van der Waals surface area (Å²) in [5, 5.41) is 16.9. The Morgan fingerprint density at radius 2 is 1.86 bits per heavy atom. The van der Waals surface area contributed by atoms with Gasteiger partial charge in [-0.15, -0.1) is 0 Å². The van der Waals surface area contributed by atoms with Crippen LogP contribution in [-0.4, -0.2) is 38.7 Å². The lowest BCUT2D eigenvalue weighted by Crippen LogP contribution is -2.51. The van der Waals surface area contributed by atoms with Crippen molar-refractivity contribution in [3.05, 3.63) is 65.3 Å². The second-order valence-corrected chi connectivity index (χ2v) is 6.34. The van der Waals surface area contributed by atoms with Crippen LogP contribution in [0, 0.1) is 0 Å². The van der Waals surface area contributed by atoms with E-state index in [1.807, 2.05) is 0 Å². The number of aromatic nitrogens is 2. The predicted molar refractivity (Wildman–Crippen MR) is 101 cm³/mol. The summed E-state index contributed by atoms with van der Waals surface area (Å²) in [5.74, 6) is -2.44. The first-order valence-corrected chi connectivity index (χ1v) is 8.72. The predicted octanol–water partition coefficient (Wildman–Crippen LogP) is 1.40. The quantitative estimate of drug-likeness (QED) is 0.463. The number of rotatable bonds is 5. The van der Waals surface area contributed by atoms with Gasteiger partial charge in [0, 0.05) is 5.02 Å². The maximum absolute atomic E-state index is 12.2. The minimum absolute atomic E-state index is 0.0475. The standard InChI is InChI=1S/C18H16ClN5O5/c1-10(20-17(27)14-3-2-8-29-14)16(26)21-22-18(28)15-13(25)9-24(23-15)12-6-4-11(19)5-7-12/h2-10,25H,1H3,(H,20,27)(H,21,26)(H,22,28).